The van der Waals surface area contributed by atoms with Crippen molar-refractivity contribution < 1.29 is 8.83 Å². The second kappa shape index (κ2) is 11.3. The molecule has 0 fully saturated rings. The van der Waals surface area contributed by atoms with Gasteiger partial charge in [0.25, 0.3) is 0 Å². The minimum absolute atomic E-state index is 0.546. The fourth-order valence-electron chi connectivity index (χ4n) is 8.00. The highest BCUT2D eigenvalue weighted by atomic mass is 16.3. The summed E-state index contributed by atoms with van der Waals surface area (Å²) >= 11 is 0. The van der Waals surface area contributed by atoms with Crippen molar-refractivity contribution in [1.29, 1.82) is 0 Å². The van der Waals surface area contributed by atoms with Crippen molar-refractivity contribution in [2.75, 3.05) is 0 Å². The molecule has 0 unspecified atom stereocenters. The highest BCUT2D eigenvalue weighted by molar-refractivity contribution is 6.14. The van der Waals surface area contributed by atoms with Gasteiger partial charge in [-0.3, -0.25) is 0 Å². The van der Waals surface area contributed by atoms with E-state index in [1.807, 2.05) is 72.8 Å². The van der Waals surface area contributed by atoms with Crippen molar-refractivity contribution in [2.24, 2.45) is 0 Å². The van der Waals surface area contributed by atoms with E-state index >= 15 is 0 Å². The Morgan fingerprint density at radius 2 is 1.12 bits per heavy atom. The van der Waals surface area contributed by atoms with Gasteiger partial charge >= 0.3 is 0 Å². The molecule has 0 radical (unpaired) electrons. The van der Waals surface area contributed by atoms with Crippen LogP contribution in [0.1, 0.15) is 17.5 Å². The van der Waals surface area contributed by atoms with Gasteiger partial charge in [0.2, 0.25) is 0 Å². The first-order valence-electron chi connectivity index (χ1n) is 17.7. The number of allylic oxidation sites excluding steroid dienone is 1. The molecule has 3 heterocycles. The first kappa shape index (κ1) is 28.9. The Labute approximate surface area is 298 Å². The van der Waals surface area contributed by atoms with Gasteiger partial charge in [0.15, 0.2) is 17.5 Å². The van der Waals surface area contributed by atoms with E-state index in [-0.39, 0.29) is 0 Å². The van der Waals surface area contributed by atoms with E-state index in [2.05, 4.69) is 78.9 Å². The summed E-state index contributed by atoms with van der Waals surface area (Å²) in [6.45, 7) is 0. The molecular formula is C47H29N3O2. The number of rotatable bonds is 4. The minimum atomic E-state index is 0.546. The molecule has 1 aliphatic carbocycles. The number of hydrogen-bond donors (Lipinski definition) is 0. The summed E-state index contributed by atoms with van der Waals surface area (Å²) in [5.74, 6) is 1.70. The van der Waals surface area contributed by atoms with Gasteiger partial charge in [-0.25, -0.2) is 15.0 Å². The zero-order valence-corrected chi connectivity index (χ0v) is 28.0. The molecule has 5 nitrogen and oxygen atoms in total. The monoisotopic (exact) mass is 667 g/mol. The van der Waals surface area contributed by atoms with Gasteiger partial charge in [0.05, 0.1) is 5.56 Å². The summed E-state index contributed by atoms with van der Waals surface area (Å²) in [6, 6.07) is 48.1. The average Bonchev–Trinajstić information content (AvgIpc) is 3.79. The summed E-state index contributed by atoms with van der Waals surface area (Å²) in [5.41, 5.74) is 10.6. The van der Waals surface area contributed by atoms with Gasteiger partial charge in [-0.2, -0.15) is 0 Å². The van der Waals surface area contributed by atoms with E-state index in [0.29, 0.717) is 17.5 Å². The number of furan rings is 2. The largest absolute Gasteiger partial charge is 0.456 e. The van der Waals surface area contributed by atoms with Gasteiger partial charge in [-0.15, -0.1) is 0 Å². The van der Waals surface area contributed by atoms with Crippen molar-refractivity contribution in [2.45, 2.75) is 12.8 Å². The van der Waals surface area contributed by atoms with Gasteiger partial charge in [0, 0.05) is 32.7 Å². The van der Waals surface area contributed by atoms with Crippen molar-refractivity contribution >= 4 is 60.7 Å². The molecule has 0 spiro atoms. The molecule has 0 N–H and O–H groups in total. The lowest BCUT2D eigenvalue weighted by atomic mass is 9.86. The quantitative estimate of drug-likeness (QED) is 0.187. The molecule has 0 aliphatic heterocycles. The Morgan fingerprint density at radius 3 is 1.96 bits per heavy atom. The molecule has 0 atom stereocenters. The van der Waals surface area contributed by atoms with Crippen LogP contribution < -0.4 is 0 Å². The van der Waals surface area contributed by atoms with Crippen LogP contribution in [0.5, 0.6) is 0 Å². The number of para-hydroxylation sites is 3. The van der Waals surface area contributed by atoms with E-state index < -0.39 is 0 Å². The molecule has 1 aliphatic rings. The Morgan fingerprint density at radius 1 is 0.442 bits per heavy atom. The first-order chi connectivity index (χ1) is 25.8. The number of benzene rings is 7. The topological polar surface area (TPSA) is 65.0 Å². The molecule has 7 aromatic carbocycles. The van der Waals surface area contributed by atoms with E-state index in [1.54, 1.807) is 0 Å². The second-order valence-electron chi connectivity index (χ2n) is 13.4. The maximum Gasteiger partial charge on any atom is 0.167 e. The van der Waals surface area contributed by atoms with Crippen LogP contribution in [0.25, 0.3) is 106 Å². The minimum Gasteiger partial charge on any atom is -0.456 e. The van der Waals surface area contributed by atoms with Crippen LogP contribution in [0.15, 0.2) is 154 Å². The highest BCUT2D eigenvalue weighted by Gasteiger charge is 2.23. The lowest BCUT2D eigenvalue weighted by Gasteiger charge is -2.18. The Bertz CT molecular complexity index is 3080. The lowest BCUT2D eigenvalue weighted by Crippen LogP contribution is -2.01. The number of fused-ring (bicyclic) bond motifs is 9. The highest BCUT2D eigenvalue weighted by Crippen LogP contribution is 2.43. The van der Waals surface area contributed by atoms with Crippen LogP contribution in [0, 0.1) is 0 Å². The van der Waals surface area contributed by atoms with E-state index in [0.717, 1.165) is 84.5 Å². The average molecular weight is 668 g/mol. The van der Waals surface area contributed by atoms with Crippen LogP contribution in [0.3, 0.4) is 0 Å². The second-order valence-corrected chi connectivity index (χ2v) is 13.4. The molecule has 5 heteroatoms. The first-order valence-corrected chi connectivity index (χ1v) is 17.7. The molecule has 0 bridgehead atoms. The predicted octanol–water partition coefficient (Wildman–Crippen LogP) is 12.5. The van der Waals surface area contributed by atoms with Crippen LogP contribution in [0.2, 0.25) is 0 Å². The Hall–Kier alpha value is -6.85. The van der Waals surface area contributed by atoms with Gasteiger partial charge < -0.3 is 8.83 Å². The maximum atomic E-state index is 6.62. The molecule has 244 valence electrons. The molecule has 11 rings (SSSR count). The predicted molar refractivity (Wildman–Crippen MR) is 211 cm³/mol. The SMILES string of the molecule is C1=Cc2cc(-c3cc(-c4nc(-c5ccccc5)nc(-c5cccc6c5oc5ccccc56)n4)c4c(c3)oc3ccccc34)c3ccccc3c2CC1. The van der Waals surface area contributed by atoms with Gasteiger partial charge in [-0.1, -0.05) is 115 Å². The van der Waals surface area contributed by atoms with Crippen LogP contribution in [-0.4, -0.2) is 15.0 Å². The molecule has 52 heavy (non-hydrogen) atoms. The standard InChI is InChI=1S/C47H29N3O2/c1-2-13-28(14-3-1)45-48-46(37-22-12-21-35-34-19-8-10-23-40(34)52-44(35)37)50-47(49-45)39-26-30(27-42-43(39)36-20-9-11-24-41(36)51-42)38-25-29-15-4-5-16-31(29)32-17-6-7-18-33(32)38/h1-4,6-15,17-27H,5,16H2. The molecule has 0 saturated carbocycles. The molecule has 0 saturated heterocycles. The number of nitrogens with zero attached hydrogens (tertiary/aromatic N) is 3. The van der Waals surface area contributed by atoms with Gasteiger partial charge in [0.1, 0.15) is 22.3 Å². The summed E-state index contributed by atoms with van der Waals surface area (Å²) < 4.78 is 13.1. The number of aryl methyl sites for hydroxylation is 1. The summed E-state index contributed by atoms with van der Waals surface area (Å²) in [6.07, 6.45) is 6.63. The normalized spacial score (nSPS) is 12.8. The summed E-state index contributed by atoms with van der Waals surface area (Å²) in [4.78, 5) is 15.6. The zero-order chi connectivity index (χ0) is 34.2. The number of hydrogen-bond acceptors (Lipinski definition) is 5. The molecule has 10 aromatic rings. The summed E-state index contributed by atoms with van der Waals surface area (Å²) in [7, 11) is 0. The molecule has 3 aromatic heterocycles. The maximum absolute atomic E-state index is 6.62. The fourth-order valence-corrected chi connectivity index (χ4v) is 8.00. The Balaban J connectivity index is 1.23. The van der Waals surface area contributed by atoms with Crippen LogP contribution in [0.4, 0.5) is 0 Å². The van der Waals surface area contributed by atoms with Gasteiger partial charge in [-0.05, 0) is 82.3 Å². The number of aromatic nitrogens is 3. The molecular weight excluding hydrogens is 639 g/mol. The van der Waals surface area contributed by atoms with Crippen molar-refractivity contribution in [3.05, 3.63) is 157 Å². The zero-order valence-electron chi connectivity index (χ0n) is 28.0. The summed E-state index contributed by atoms with van der Waals surface area (Å²) in [5, 5.41) is 6.58. The third-order valence-electron chi connectivity index (χ3n) is 10.4. The smallest absolute Gasteiger partial charge is 0.167 e. The fraction of sp³-hybridized carbons (Fsp3) is 0.0426. The van der Waals surface area contributed by atoms with E-state index in [9.17, 15) is 0 Å². The van der Waals surface area contributed by atoms with Crippen molar-refractivity contribution in [3.63, 3.8) is 0 Å². The lowest BCUT2D eigenvalue weighted by molar-refractivity contribution is 0.668. The van der Waals surface area contributed by atoms with Crippen molar-refractivity contribution in [3.8, 4) is 45.3 Å². The Kier molecular flexibility index (Phi) is 6.31. The van der Waals surface area contributed by atoms with E-state index in [4.69, 9.17) is 23.8 Å². The van der Waals surface area contributed by atoms with Crippen LogP contribution >= 0.6 is 0 Å². The van der Waals surface area contributed by atoms with Crippen molar-refractivity contribution in [1.82, 2.24) is 15.0 Å². The third kappa shape index (κ3) is 4.46. The third-order valence-corrected chi connectivity index (χ3v) is 10.4. The van der Waals surface area contributed by atoms with E-state index in [1.165, 1.54) is 21.9 Å². The molecule has 0 amide bonds. The van der Waals surface area contributed by atoms with Crippen LogP contribution in [-0.2, 0) is 6.42 Å².